The van der Waals surface area contributed by atoms with Crippen LogP contribution in [0.15, 0.2) is 42.5 Å². The number of ether oxygens (including phenoxy) is 1. The fourth-order valence-corrected chi connectivity index (χ4v) is 3.44. The van der Waals surface area contributed by atoms with E-state index in [1.165, 1.54) is 12.1 Å². The molecular weight excluding hydrogens is 319 g/mol. The molecule has 5 heteroatoms. The average molecular weight is 338 g/mol. The maximum absolute atomic E-state index is 13.4. The Balaban J connectivity index is 1.53. The lowest BCUT2D eigenvalue weighted by atomic mass is 10.0. The fraction of sp³-hybridized carbons (Fsp3) is 0.250. The molecule has 0 radical (unpaired) electrons. The molecule has 1 amide bonds. The van der Waals surface area contributed by atoms with Gasteiger partial charge in [-0.1, -0.05) is 12.1 Å². The Morgan fingerprint density at radius 3 is 2.80 bits per heavy atom. The lowest BCUT2D eigenvalue weighted by Crippen LogP contribution is -2.36. The molecule has 2 heterocycles. The van der Waals surface area contributed by atoms with Gasteiger partial charge < -0.3 is 14.6 Å². The van der Waals surface area contributed by atoms with Gasteiger partial charge in [0.15, 0.2) is 0 Å². The summed E-state index contributed by atoms with van der Waals surface area (Å²) >= 11 is 0. The van der Waals surface area contributed by atoms with E-state index in [1.54, 1.807) is 13.2 Å². The maximum Gasteiger partial charge on any atom is 0.227 e. The first-order valence-electron chi connectivity index (χ1n) is 8.34. The van der Waals surface area contributed by atoms with Crippen LogP contribution in [0.2, 0.25) is 0 Å². The Kier molecular flexibility index (Phi) is 3.92. The Labute approximate surface area is 145 Å². The minimum absolute atomic E-state index is 0.104. The van der Waals surface area contributed by atoms with E-state index in [-0.39, 0.29) is 11.7 Å². The number of nitrogens with one attached hydrogen (secondary N) is 1. The van der Waals surface area contributed by atoms with E-state index in [0.717, 1.165) is 39.9 Å². The zero-order valence-corrected chi connectivity index (χ0v) is 14.0. The molecule has 4 rings (SSSR count). The van der Waals surface area contributed by atoms with E-state index in [9.17, 15) is 9.18 Å². The van der Waals surface area contributed by atoms with Crippen LogP contribution in [0.25, 0.3) is 10.9 Å². The molecule has 0 aliphatic carbocycles. The third-order valence-electron chi connectivity index (χ3n) is 4.80. The summed E-state index contributed by atoms with van der Waals surface area (Å²) in [6, 6.07) is 12.3. The van der Waals surface area contributed by atoms with Gasteiger partial charge in [0, 0.05) is 41.7 Å². The molecule has 1 N–H and O–H groups in total. The number of carbonyl (C=O) groups is 1. The quantitative estimate of drug-likeness (QED) is 0.795. The van der Waals surface area contributed by atoms with Gasteiger partial charge in [-0.3, -0.25) is 4.79 Å². The summed E-state index contributed by atoms with van der Waals surface area (Å²) in [6.07, 6.45) is 1.14. The number of hydrogen-bond acceptors (Lipinski definition) is 2. The molecular formula is C20H19FN2O2. The number of methoxy groups -OCH3 is 1. The monoisotopic (exact) mass is 338 g/mol. The van der Waals surface area contributed by atoms with Crippen LogP contribution in [-0.4, -0.2) is 29.4 Å². The largest absolute Gasteiger partial charge is 0.497 e. The molecule has 4 nitrogen and oxygen atoms in total. The van der Waals surface area contributed by atoms with Crippen LogP contribution in [0.1, 0.15) is 16.8 Å². The second-order valence-corrected chi connectivity index (χ2v) is 6.36. The van der Waals surface area contributed by atoms with E-state index < -0.39 is 0 Å². The van der Waals surface area contributed by atoms with Gasteiger partial charge in [-0.2, -0.15) is 0 Å². The van der Waals surface area contributed by atoms with E-state index in [2.05, 4.69) is 4.98 Å². The van der Waals surface area contributed by atoms with Gasteiger partial charge in [0.25, 0.3) is 0 Å². The van der Waals surface area contributed by atoms with Gasteiger partial charge in [-0.05, 0) is 35.9 Å². The molecule has 0 saturated heterocycles. The van der Waals surface area contributed by atoms with Gasteiger partial charge in [0.1, 0.15) is 11.6 Å². The van der Waals surface area contributed by atoms with Crippen LogP contribution in [-0.2, 0) is 24.2 Å². The number of aromatic amines is 1. The van der Waals surface area contributed by atoms with Crippen LogP contribution in [0.5, 0.6) is 5.75 Å². The van der Waals surface area contributed by atoms with Gasteiger partial charge in [-0.15, -0.1) is 0 Å². The summed E-state index contributed by atoms with van der Waals surface area (Å²) in [5, 5.41) is 0.998. The summed E-state index contributed by atoms with van der Waals surface area (Å²) in [5.41, 5.74) is 3.98. The predicted octanol–water partition coefficient (Wildman–Crippen LogP) is 3.44. The van der Waals surface area contributed by atoms with Crippen LogP contribution in [0, 0.1) is 5.82 Å². The molecule has 0 spiro atoms. The average Bonchev–Trinajstić information content (AvgIpc) is 2.98. The first-order chi connectivity index (χ1) is 12.1. The third kappa shape index (κ3) is 2.97. The van der Waals surface area contributed by atoms with E-state index in [0.29, 0.717) is 19.5 Å². The van der Waals surface area contributed by atoms with Gasteiger partial charge >= 0.3 is 0 Å². The van der Waals surface area contributed by atoms with Crippen molar-refractivity contribution in [2.75, 3.05) is 13.7 Å². The van der Waals surface area contributed by atoms with Crippen molar-refractivity contribution < 1.29 is 13.9 Å². The Hall–Kier alpha value is -2.82. The Morgan fingerprint density at radius 1 is 1.24 bits per heavy atom. The number of H-pyrrole nitrogens is 1. The third-order valence-corrected chi connectivity index (χ3v) is 4.80. The Bertz CT molecular complexity index is 931. The number of rotatable bonds is 3. The summed E-state index contributed by atoms with van der Waals surface area (Å²) in [4.78, 5) is 17.8. The number of nitrogens with zero attached hydrogens (tertiary/aromatic N) is 1. The van der Waals surface area contributed by atoms with Crippen molar-refractivity contribution in [3.8, 4) is 5.75 Å². The van der Waals surface area contributed by atoms with Crippen LogP contribution in [0.3, 0.4) is 0 Å². The number of halogens is 1. The molecule has 0 saturated carbocycles. The predicted molar refractivity (Wildman–Crippen MR) is 94.1 cm³/mol. The second-order valence-electron chi connectivity index (χ2n) is 6.36. The Morgan fingerprint density at radius 2 is 2.04 bits per heavy atom. The lowest BCUT2D eigenvalue weighted by Gasteiger charge is -2.27. The van der Waals surface area contributed by atoms with Crippen molar-refractivity contribution in [3.05, 3.63) is 65.1 Å². The first-order valence-corrected chi connectivity index (χ1v) is 8.34. The zero-order valence-electron chi connectivity index (χ0n) is 14.0. The number of benzene rings is 2. The molecule has 128 valence electrons. The molecule has 1 aromatic heterocycles. The number of hydrogen-bond donors (Lipinski definition) is 1. The number of carbonyl (C=O) groups excluding carboxylic acids is 1. The summed E-state index contributed by atoms with van der Waals surface area (Å²) in [6.45, 7) is 1.24. The second kappa shape index (κ2) is 6.24. The highest BCUT2D eigenvalue weighted by Crippen LogP contribution is 2.28. The van der Waals surface area contributed by atoms with Crippen molar-refractivity contribution in [1.82, 2.24) is 9.88 Å². The highest BCUT2D eigenvalue weighted by Gasteiger charge is 2.24. The van der Waals surface area contributed by atoms with Crippen LogP contribution < -0.4 is 4.74 Å². The zero-order chi connectivity index (χ0) is 17.4. The minimum Gasteiger partial charge on any atom is -0.497 e. The number of amides is 1. The molecule has 1 aliphatic rings. The molecule has 2 aromatic carbocycles. The molecule has 1 aliphatic heterocycles. The van der Waals surface area contributed by atoms with Gasteiger partial charge in [0.05, 0.1) is 13.5 Å². The summed E-state index contributed by atoms with van der Waals surface area (Å²) in [7, 11) is 1.62. The maximum atomic E-state index is 13.4. The van der Waals surface area contributed by atoms with Crippen molar-refractivity contribution in [1.29, 1.82) is 0 Å². The smallest absolute Gasteiger partial charge is 0.227 e. The van der Waals surface area contributed by atoms with Crippen molar-refractivity contribution in [2.24, 2.45) is 0 Å². The minimum atomic E-state index is -0.251. The summed E-state index contributed by atoms with van der Waals surface area (Å²) < 4.78 is 18.6. The van der Waals surface area contributed by atoms with E-state index in [1.807, 2.05) is 29.2 Å². The van der Waals surface area contributed by atoms with Gasteiger partial charge in [0.2, 0.25) is 5.91 Å². The SMILES string of the molecule is COc1ccc(CC(=O)N2CCc3[nH]c4cc(F)ccc4c3C2)cc1. The normalized spacial score (nSPS) is 13.8. The molecule has 0 atom stereocenters. The van der Waals surface area contributed by atoms with Crippen molar-refractivity contribution in [3.63, 3.8) is 0 Å². The molecule has 0 bridgehead atoms. The van der Waals surface area contributed by atoms with Gasteiger partial charge in [-0.25, -0.2) is 4.39 Å². The number of aromatic nitrogens is 1. The molecule has 3 aromatic rings. The first kappa shape index (κ1) is 15.7. The molecule has 0 unspecified atom stereocenters. The topological polar surface area (TPSA) is 45.3 Å². The van der Waals surface area contributed by atoms with E-state index >= 15 is 0 Å². The van der Waals surface area contributed by atoms with Crippen LogP contribution in [0.4, 0.5) is 4.39 Å². The lowest BCUT2D eigenvalue weighted by molar-refractivity contribution is -0.131. The highest BCUT2D eigenvalue weighted by molar-refractivity contribution is 5.86. The van der Waals surface area contributed by atoms with Crippen molar-refractivity contribution >= 4 is 16.8 Å². The standard InChI is InChI=1S/C20H19FN2O2/c1-25-15-5-2-13(3-6-15)10-20(24)23-9-8-18-17(12-23)16-7-4-14(21)11-19(16)22-18/h2-7,11,22H,8-10,12H2,1H3. The fourth-order valence-electron chi connectivity index (χ4n) is 3.44. The molecule has 0 fully saturated rings. The molecule has 25 heavy (non-hydrogen) atoms. The van der Waals surface area contributed by atoms with Crippen LogP contribution >= 0.6 is 0 Å². The highest BCUT2D eigenvalue weighted by atomic mass is 19.1. The van der Waals surface area contributed by atoms with E-state index in [4.69, 9.17) is 4.74 Å². The number of fused-ring (bicyclic) bond motifs is 3. The van der Waals surface area contributed by atoms with Crippen molar-refractivity contribution in [2.45, 2.75) is 19.4 Å². The summed E-state index contributed by atoms with van der Waals surface area (Å²) in [5.74, 6) is 0.635.